The number of morpholine rings is 1. The quantitative estimate of drug-likeness (QED) is 0.778. The van der Waals surface area contributed by atoms with Gasteiger partial charge in [-0.25, -0.2) is 4.98 Å². The van der Waals surface area contributed by atoms with Gasteiger partial charge in [-0.15, -0.1) is 0 Å². The summed E-state index contributed by atoms with van der Waals surface area (Å²) in [5.74, 6) is 0.978. The van der Waals surface area contributed by atoms with Crippen LogP contribution in [-0.2, 0) is 20.8 Å². The Morgan fingerprint density at radius 3 is 2.88 bits per heavy atom. The number of nitrogens with zero attached hydrogens (tertiary/aromatic N) is 3. The highest BCUT2D eigenvalue weighted by Gasteiger charge is 2.36. The molecule has 7 heteroatoms. The van der Waals surface area contributed by atoms with Crippen molar-refractivity contribution in [3.05, 3.63) is 42.1 Å². The highest BCUT2D eigenvalue weighted by Crippen LogP contribution is 2.40. The minimum absolute atomic E-state index is 0.0168. The van der Waals surface area contributed by atoms with E-state index in [2.05, 4.69) is 47.2 Å². The number of carbonyl (C=O) groups excluding carboxylic acids is 1. The van der Waals surface area contributed by atoms with E-state index in [0.29, 0.717) is 6.54 Å². The van der Waals surface area contributed by atoms with Crippen molar-refractivity contribution in [3.8, 4) is 0 Å². The summed E-state index contributed by atoms with van der Waals surface area (Å²) in [5.41, 5.74) is 3.99. The molecule has 3 aliphatic rings. The molecule has 1 saturated carbocycles. The largest absolute Gasteiger partial charge is 0.378 e. The number of amides is 1. The number of nitrogens with one attached hydrogen (secondary N) is 1. The fourth-order valence-corrected chi connectivity index (χ4v) is 5.02. The van der Waals surface area contributed by atoms with Crippen LogP contribution in [0.1, 0.15) is 38.7 Å². The lowest BCUT2D eigenvalue weighted by molar-refractivity contribution is -0.122. The van der Waals surface area contributed by atoms with E-state index >= 15 is 0 Å². The zero-order valence-corrected chi connectivity index (χ0v) is 18.9. The molecule has 170 valence electrons. The third-order valence-electron chi connectivity index (χ3n) is 6.59. The Morgan fingerprint density at radius 1 is 1.22 bits per heavy atom. The maximum absolute atomic E-state index is 13.8. The summed E-state index contributed by atoms with van der Waals surface area (Å²) in [5, 5.41) is 3.47. The standard InChI is InChI=1S/C25H32N4O3/c1-17(2)32-21-7-5-18(14-21)25(30)29-16-19-4-3-9-26-24(19)27-22-8-6-20(15-23(22)29)28-10-12-31-13-11-28/h3-4,6,8-9,15,17-18,21H,5,7,10-14,16H2,1-2H3,(H,26,27). The van der Waals surface area contributed by atoms with Crippen LogP contribution in [0, 0.1) is 5.92 Å². The topological polar surface area (TPSA) is 66.9 Å². The molecule has 5 rings (SSSR count). The summed E-state index contributed by atoms with van der Waals surface area (Å²) in [6, 6.07) is 10.3. The van der Waals surface area contributed by atoms with Crippen LogP contribution in [0.3, 0.4) is 0 Å². The molecule has 2 fully saturated rings. The summed E-state index contributed by atoms with van der Waals surface area (Å²) in [4.78, 5) is 22.6. The monoisotopic (exact) mass is 436 g/mol. The molecule has 3 heterocycles. The molecule has 1 aromatic carbocycles. The van der Waals surface area contributed by atoms with Gasteiger partial charge in [-0.2, -0.15) is 0 Å². The number of benzene rings is 1. The van der Waals surface area contributed by atoms with Gasteiger partial charge in [0, 0.05) is 36.5 Å². The normalized spacial score (nSPS) is 22.8. The number of aromatic nitrogens is 1. The van der Waals surface area contributed by atoms with Crippen LogP contribution >= 0.6 is 0 Å². The minimum atomic E-state index is -0.0168. The van der Waals surface area contributed by atoms with Crippen molar-refractivity contribution >= 4 is 28.8 Å². The SMILES string of the molecule is CC(C)OC1CCC(C(=O)N2Cc3cccnc3Nc3ccc(N4CCOCC4)cc32)C1. The van der Waals surface area contributed by atoms with E-state index in [9.17, 15) is 4.79 Å². The van der Waals surface area contributed by atoms with Gasteiger partial charge in [-0.3, -0.25) is 4.79 Å². The van der Waals surface area contributed by atoms with Crippen LogP contribution in [0.2, 0.25) is 0 Å². The molecule has 7 nitrogen and oxygen atoms in total. The number of anilines is 4. The third-order valence-corrected chi connectivity index (χ3v) is 6.59. The molecule has 0 bridgehead atoms. The molecule has 2 atom stereocenters. The molecule has 2 aliphatic heterocycles. The summed E-state index contributed by atoms with van der Waals surface area (Å²) >= 11 is 0. The zero-order valence-electron chi connectivity index (χ0n) is 18.9. The fraction of sp³-hybridized carbons (Fsp3) is 0.520. The third kappa shape index (κ3) is 4.32. The molecule has 0 spiro atoms. The van der Waals surface area contributed by atoms with Gasteiger partial charge >= 0.3 is 0 Å². The van der Waals surface area contributed by atoms with E-state index in [1.807, 2.05) is 17.0 Å². The maximum Gasteiger partial charge on any atom is 0.230 e. The molecule has 1 amide bonds. The van der Waals surface area contributed by atoms with E-state index in [0.717, 1.165) is 74.0 Å². The van der Waals surface area contributed by atoms with Crippen molar-refractivity contribution in [2.45, 2.75) is 51.9 Å². The molecule has 2 unspecified atom stereocenters. The minimum Gasteiger partial charge on any atom is -0.378 e. The van der Waals surface area contributed by atoms with Gasteiger partial charge in [0.2, 0.25) is 5.91 Å². The summed E-state index contributed by atoms with van der Waals surface area (Å²) in [6.45, 7) is 7.81. The number of hydrogen-bond donors (Lipinski definition) is 1. The van der Waals surface area contributed by atoms with Gasteiger partial charge in [-0.1, -0.05) is 6.07 Å². The lowest BCUT2D eigenvalue weighted by Gasteiger charge is -2.31. The summed E-state index contributed by atoms with van der Waals surface area (Å²) < 4.78 is 11.5. The first-order chi connectivity index (χ1) is 15.6. The number of ether oxygens (including phenoxy) is 2. The van der Waals surface area contributed by atoms with Crippen LogP contribution in [0.25, 0.3) is 0 Å². The van der Waals surface area contributed by atoms with Gasteiger partial charge in [0.25, 0.3) is 0 Å². The molecule has 2 aromatic rings. The highest BCUT2D eigenvalue weighted by molar-refractivity contribution is 6.00. The average molecular weight is 437 g/mol. The van der Waals surface area contributed by atoms with E-state index in [1.54, 1.807) is 6.20 Å². The molecule has 1 aliphatic carbocycles. The lowest BCUT2D eigenvalue weighted by Crippen LogP contribution is -2.37. The Kier molecular flexibility index (Phi) is 6.02. The van der Waals surface area contributed by atoms with Crippen LogP contribution in [0.4, 0.5) is 22.9 Å². The van der Waals surface area contributed by atoms with Crippen LogP contribution in [0.15, 0.2) is 36.5 Å². The zero-order chi connectivity index (χ0) is 22.1. The van der Waals surface area contributed by atoms with Crippen LogP contribution in [0.5, 0.6) is 0 Å². The highest BCUT2D eigenvalue weighted by atomic mass is 16.5. The molecular formula is C25H32N4O3. The number of carbonyl (C=O) groups is 1. The fourth-order valence-electron chi connectivity index (χ4n) is 5.02. The van der Waals surface area contributed by atoms with E-state index in [1.165, 1.54) is 0 Å². The number of pyridine rings is 1. The van der Waals surface area contributed by atoms with Gasteiger partial charge < -0.3 is 24.6 Å². The van der Waals surface area contributed by atoms with Crippen LogP contribution < -0.4 is 15.1 Å². The second-order valence-corrected chi connectivity index (χ2v) is 9.18. The van der Waals surface area contributed by atoms with Crippen molar-refractivity contribution in [3.63, 3.8) is 0 Å². The lowest BCUT2D eigenvalue weighted by atomic mass is 10.0. The first-order valence-electron chi connectivity index (χ1n) is 11.7. The van der Waals surface area contributed by atoms with E-state index in [4.69, 9.17) is 9.47 Å². The average Bonchev–Trinajstić information content (AvgIpc) is 3.19. The number of hydrogen-bond acceptors (Lipinski definition) is 6. The second-order valence-electron chi connectivity index (χ2n) is 9.18. The number of rotatable bonds is 4. The van der Waals surface area contributed by atoms with E-state index < -0.39 is 0 Å². The van der Waals surface area contributed by atoms with Gasteiger partial charge in [-0.05, 0) is 57.4 Å². The van der Waals surface area contributed by atoms with E-state index in [-0.39, 0.29) is 24.0 Å². The smallest absolute Gasteiger partial charge is 0.230 e. The maximum atomic E-state index is 13.8. The predicted octanol–water partition coefficient (Wildman–Crippen LogP) is 4.10. The molecule has 0 radical (unpaired) electrons. The molecule has 1 saturated heterocycles. The van der Waals surface area contributed by atoms with Gasteiger partial charge in [0.15, 0.2) is 0 Å². The predicted molar refractivity (Wildman–Crippen MR) is 126 cm³/mol. The summed E-state index contributed by atoms with van der Waals surface area (Å²) in [7, 11) is 0. The molecular weight excluding hydrogens is 404 g/mol. The van der Waals surface area contributed by atoms with Crippen molar-refractivity contribution in [2.24, 2.45) is 5.92 Å². The van der Waals surface area contributed by atoms with Crippen LogP contribution in [-0.4, -0.2) is 49.4 Å². The molecule has 32 heavy (non-hydrogen) atoms. The van der Waals surface area contributed by atoms with Gasteiger partial charge in [0.1, 0.15) is 5.82 Å². The molecule has 1 aromatic heterocycles. The Morgan fingerprint density at radius 2 is 2.06 bits per heavy atom. The first-order valence-corrected chi connectivity index (χ1v) is 11.7. The molecule has 1 N–H and O–H groups in total. The first kappa shape index (κ1) is 21.2. The Hall–Kier alpha value is -2.64. The Bertz CT molecular complexity index is 973. The van der Waals surface area contributed by atoms with Crippen molar-refractivity contribution in [1.82, 2.24) is 4.98 Å². The Labute approximate surface area is 189 Å². The second kappa shape index (κ2) is 9.08. The Balaban J connectivity index is 1.47. The van der Waals surface area contributed by atoms with Crippen molar-refractivity contribution in [2.75, 3.05) is 41.4 Å². The van der Waals surface area contributed by atoms with Gasteiger partial charge in [0.05, 0.1) is 43.3 Å². The number of fused-ring (bicyclic) bond motifs is 2. The van der Waals surface area contributed by atoms with Crippen molar-refractivity contribution < 1.29 is 14.3 Å². The summed E-state index contributed by atoms with van der Waals surface area (Å²) in [6.07, 6.45) is 4.75. The van der Waals surface area contributed by atoms with Crippen molar-refractivity contribution in [1.29, 1.82) is 0 Å².